The Morgan fingerprint density at radius 1 is 1.35 bits per heavy atom. The van der Waals surface area contributed by atoms with Gasteiger partial charge in [0.1, 0.15) is 11.6 Å². The number of carboxylic acid groups (broad SMARTS) is 1. The van der Waals surface area contributed by atoms with Crippen LogP contribution in [0.5, 0.6) is 0 Å². The average Bonchev–Trinajstić information content (AvgIpc) is 2.66. The Labute approximate surface area is 117 Å². The highest BCUT2D eigenvalue weighted by Gasteiger charge is 2.24. The maximum atomic E-state index is 10.8. The summed E-state index contributed by atoms with van der Waals surface area (Å²) < 4.78 is 0. The van der Waals surface area contributed by atoms with Crippen LogP contribution in [0, 0.1) is 5.41 Å². The molecule has 0 atom stereocenters. The number of nitrogens with zero attached hydrogens (tertiary/aromatic N) is 3. The summed E-state index contributed by atoms with van der Waals surface area (Å²) in [7, 11) is 3.86. The zero-order chi connectivity index (χ0) is 14.9. The molecule has 108 valence electrons. The number of aromatic nitrogens is 3. The molecular weight excluding hydrogens is 256 g/mol. The van der Waals surface area contributed by atoms with Crippen LogP contribution >= 0.6 is 0 Å². The summed E-state index contributed by atoms with van der Waals surface area (Å²) in [6.07, 6.45) is 0.688. The number of anilines is 1. The number of pyridine rings is 1. The Kier molecular flexibility index (Phi) is 3.65. The fraction of sp³-hybridized carbons (Fsp3) is 0.500. The van der Waals surface area contributed by atoms with Crippen molar-refractivity contribution in [3.05, 3.63) is 18.0 Å². The van der Waals surface area contributed by atoms with Crippen molar-refractivity contribution in [2.24, 2.45) is 5.41 Å². The fourth-order valence-corrected chi connectivity index (χ4v) is 2.19. The van der Waals surface area contributed by atoms with E-state index in [4.69, 9.17) is 5.11 Å². The number of hydrogen-bond donors (Lipinski definition) is 2. The number of carboxylic acids is 1. The van der Waals surface area contributed by atoms with Gasteiger partial charge in [0.2, 0.25) is 0 Å². The number of H-pyrrole nitrogens is 1. The van der Waals surface area contributed by atoms with Crippen molar-refractivity contribution in [2.45, 2.75) is 26.7 Å². The van der Waals surface area contributed by atoms with E-state index < -0.39 is 5.97 Å². The van der Waals surface area contributed by atoms with Gasteiger partial charge in [-0.3, -0.25) is 4.79 Å². The molecule has 6 heteroatoms. The van der Waals surface area contributed by atoms with E-state index in [0.717, 1.165) is 17.2 Å². The number of rotatable bonds is 5. The van der Waals surface area contributed by atoms with Crippen LogP contribution in [0.1, 0.15) is 26.1 Å². The van der Waals surface area contributed by atoms with Crippen molar-refractivity contribution in [1.82, 2.24) is 15.0 Å². The number of aliphatic carboxylic acids is 1. The van der Waals surface area contributed by atoms with E-state index in [0.29, 0.717) is 12.1 Å². The number of nitrogens with one attached hydrogen (secondary N) is 1. The lowest BCUT2D eigenvalue weighted by Gasteiger charge is -2.20. The fourth-order valence-electron chi connectivity index (χ4n) is 2.19. The highest BCUT2D eigenvalue weighted by molar-refractivity contribution is 5.73. The first-order valence-corrected chi connectivity index (χ1v) is 6.52. The normalized spacial score (nSPS) is 11.8. The molecule has 0 amide bonds. The summed E-state index contributed by atoms with van der Waals surface area (Å²) in [4.78, 5) is 24.9. The largest absolute Gasteiger partial charge is 0.481 e. The number of imidazole rings is 1. The summed E-state index contributed by atoms with van der Waals surface area (Å²) in [5.74, 6) is 0.828. The molecule has 0 aliphatic carbocycles. The van der Waals surface area contributed by atoms with Gasteiger partial charge < -0.3 is 15.0 Å². The molecule has 2 rings (SSSR count). The van der Waals surface area contributed by atoms with Gasteiger partial charge in [0.05, 0.1) is 11.9 Å². The molecule has 0 unspecified atom stereocenters. The van der Waals surface area contributed by atoms with Crippen molar-refractivity contribution in [3.63, 3.8) is 0 Å². The van der Waals surface area contributed by atoms with Gasteiger partial charge in [0.25, 0.3) is 0 Å². The average molecular weight is 276 g/mol. The van der Waals surface area contributed by atoms with Gasteiger partial charge in [-0.1, -0.05) is 13.8 Å². The molecule has 2 aromatic heterocycles. The first-order valence-electron chi connectivity index (χ1n) is 6.52. The highest BCUT2D eigenvalue weighted by atomic mass is 16.4. The Hall–Kier alpha value is -2.11. The van der Waals surface area contributed by atoms with Gasteiger partial charge in [-0.25, -0.2) is 9.97 Å². The Bertz CT molecular complexity index is 631. The molecule has 0 saturated heterocycles. The van der Waals surface area contributed by atoms with Crippen molar-refractivity contribution >= 4 is 23.0 Å². The lowest BCUT2D eigenvalue weighted by Crippen LogP contribution is -2.20. The summed E-state index contributed by atoms with van der Waals surface area (Å²) in [5, 5.41) is 8.92. The number of aromatic amines is 1. The SMILES string of the molecule is CN(C)c1ccc2[nH]c(CC(C)(C)CC(=O)O)nc2n1. The molecule has 2 heterocycles. The molecule has 6 nitrogen and oxygen atoms in total. The first kappa shape index (κ1) is 14.3. The van der Waals surface area contributed by atoms with Gasteiger partial charge in [0.15, 0.2) is 5.65 Å². The van der Waals surface area contributed by atoms with Gasteiger partial charge in [-0.2, -0.15) is 0 Å². The van der Waals surface area contributed by atoms with Crippen LogP contribution in [-0.4, -0.2) is 40.1 Å². The third kappa shape index (κ3) is 3.26. The minimum atomic E-state index is -0.792. The highest BCUT2D eigenvalue weighted by Crippen LogP contribution is 2.26. The monoisotopic (exact) mass is 276 g/mol. The number of fused-ring (bicyclic) bond motifs is 1. The predicted octanol–water partition coefficient (Wildman–Crippen LogP) is 2.07. The standard InChI is InChI=1S/C14H20N4O2/c1-14(2,8-12(19)20)7-10-15-9-5-6-11(18(3)4)17-13(9)16-10/h5-6H,7-8H2,1-4H3,(H,19,20)(H,15,16,17). The minimum absolute atomic E-state index is 0.112. The zero-order valence-corrected chi connectivity index (χ0v) is 12.3. The maximum absolute atomic E-state index is 10.8. The molecule has 2 aromatic rings. The maximum Gasteiger partial charge on any atom is 0.303 e. The number of hydrogen-bond acceptors (Lipinski definition) is 4. The predicted molar refractivity (Wildman–Crippen MR) is 78.0 cm³/mol. The van der Waals surface area contributed by atoms with Gasteiger partial charge >= 0.3 is 5.97 Å². The smallest absolute Gasteiger partial charge is 0.303 e. The molecule has 0 saturated carbocycles. The van der Waals surface area contributed by atoms with Crippen LogP contribution in [-0.2, 0) is 11.2 Å². The number of carbonyl (C=O) groups is 1. The van der Waals surface area contributed by atoms with E-state index in [-0.39, 0.29) is 11.8 Å². The Morgan fingerprint density at radius 3 is 2.65 bits per heavy atom. The molecule has 0 aliphatic heterocycles. The molecule has 0 aromatic carbocycles. The lowest BCUT2D eigenvalue weighted by molar-refractivity contribution is -0.139. The molecule has 2 N–H and O–H groups in total. The second kappa shape index (κ2) is 5.11. The van der Waals surface area contributed by atoms with Crippen molar-refractivity contribution in [3.8, 4) is 0 Å². The quantitative estimate of drug-likeness (QED) is 0.873. The van der Waals surface area contributed by atoms with E-state index in [1.165, 1.54) is 0 Å². The molecule has 20 heavy (non-hydrogen) atoms. The molecular formula is C14H20N4O2. The van der Waals surface area contributed by atoms with Gasteiger partial charge in [0, 0.05) is 20.5 Å². The molecule has 0 fully saturated rings. The van der Waals surface area contributed by atoms with E-state index in [1.54, 1.807) is 0 Å². The topological polar surface area (TPSA) is 82.1 Å². The van der Waals surface area contributed by atoms with Crippen LogP contribution in [0.2, 0.25) is 0 Å². The van der Waals surface area contributed by atoms with Crippen LogP contribution in [0.3, 0.4) is 0 Å². The van der Waals surface area contributed by atoms with Gasteiger partial charge in [-0.15, -0.1) is 0 Å². The lowest BCUT2D eigenvalue weighted by atomic mass is 9.85. The second-order valence-corrected chi connectivity index (χ2v) is 6.03. The molecule has 0 bridgehead atoms. The second-order valence-electron chi connectivity index (χ2n) is 6.03. The molecule has 0 aliphatic rings. The van der Waals surface area contributed by atoms with Crippen LogP contribution in [0.15, 0.2) is 12.1 Å². The van der Waals surface area contributed by atoms with Crippen LogP contribution in [0.25, 0.3) is 11.2 Å². The van der Waals surface area contributed by atoms with Crippen LogP contribution in [0.4, 0.5) is 5.82 Å². The summed E-state index contributed by atoms with van der Waals surface area (Å²) in [5.41, 5.74) is 1.19. The summed E-state index contributed by atoms with van der Waals surface area (Å²) >= 11 is 0. The van der Waals surface area contributed by atoms with E-state index in [2.05, 4.69) is 15.0 Å². The molecule has 0 spiro atoms. The van der Waals surface area contributed by atoms with E-state index in [9.17, 15) is 4.79 Å². The molecule has 0 radical (unpaired) electrons. The summed E-state index contributed by atoms with van der Waals surface area (Å²) in [6, 6.07) is 3.87. The Morgan fingerprint density at radius 2 is 2.05 bits per heavy atom. The Balaban J connectivity index is 2.25. The van der Waals surface area contributed by atoms with Crippen molar-refractivity contribution in [2.75, 3.05) is 19.0 Å². The van der Waals surface area contributed by atoms with Crippen molar-refractivity contribution < 1.29 is 9.90 Å². The third-order valence-corrected chi connectivity index (χ3v) is 3.11. The third-order valence-electron chi connectivity index (χ3n) is 3.11. The minimum Gasteiger partial charge on any atom is -0.481 e. The van der Waals surface area contributed by atoms with Crippen LogP contribution < -0.4 is 4.90 Å². The van der Waals surface area contributed by atoms with Gasteiger partial charge in [-0.05, 0) is 17.5 Å². The van der Waals surface area contributed by atoms with Crippen molar-refractivity contribution in [1.29, 1.82) is 0 Å². The van der Waals surface area contributed by atoms with E-state index in [1.807, 2.05) is 45.0 Å². The first-order chi connectivity index (χ1) is 9.27. The van der Waals surface area contributed by atoms with E-state index >= 15 is 0 Å². The zero-order valence-electron chi connectivity index (χ0n) is 12.3. The summed E-state index contributed by atoms with van der Waals surface area (Å²) in [6.45, 7) is 3.85.